The molecular weight excluding hydrogens is 381 g/mol. The number of alkyl halides is 3. The monoisotopic (exact) mass is 392 g/mol. The Balaban J connectivity index is 1.73. The van der Waals surface area contributed by atoms with Crippen molar-refractivity contribution in [3.63, 3.8) is 0 Å². The van der Waals surface area contributed by atoms with Crippen LogP contribution < -0.4 is 5.43 Å². The standard InChI is InChI=1S/C19H12ClF3N2O2/c20-13-7-5-12(6-8-13)18(26)25-24-11-14-9-10-17(27-14)15-3-1-2-4-16(15)19(21,22)23/h1-11H,(H,25,26)/b24-11-. The van der Waals surface area contributed by atoms with Crippen LogP contribution in [0.15, 0.2) is 70.2 Å². The number of amides is 1. The number of furan rings is 1. The van der Waals surface area contributed by atoms with E-state index in [4.69, 9.17) is 16.0 Å². The van der Waals surface area contributed by atoms with Gasteiger partial charge in [0, 0.05) is 16.1 Å². The zero-order valence-electron chi connectivity index (χ0n) is 13.6. The largest absolute Gasteiger partial charge is 0.455 e. The Hall–Kier alpha value is -3.06. The van der Waals surface area contributed by atoms with Gasteiger partial charge in [-0.15, -0.1) is 0 Å². The van der Waals surface area contributed by atoms with Crippen LogP contribution in [0.5, 0.6) is 0 Å². The number of hydrazone groups is 1. The number of nitrogens with zero attached hydrogens (tertiary/aromatic N) is 1. The number of halogens is 4. The van der Waals surface area contributed by atoms with E-state index in [9.17, 15) is 18.0 Å². The number of hydrogen-bond acceptors (Lipinski definition) is 3. The van der Waals surface area contributed by atoms with Crippen LogP contribution in [0.2, 0.25) is 5.02 Å². The molecule has 1 heterocycles. The van der Waals surface area contributed by atoms with E-state index >= 15 is 0 Å². The van der Waals surface area contributed by atoms with E-state index in [1.807, 2.05) is 0 Å². The van der Waals surface area contributed by atoms with Crippen molar-refractivity contribution in [2.24, 2.45) is 5.10 Å². The first-order chi connectivity index (χ1) is 12.8. The fraction of sp³-hybridized carbons (Fsp3) is 0.0526. The highest BCUT2D eigenvalue weighted by atomic mass is 35.5. The molecule has 8 heteroatoms. The zero-order valence-corrected chi connectivity index (χ0v) is 14.4. The van der Waals surface area contributed by atoms with Crippen molar-refractivity contribution in [1.29, 1.82) is 0 Å². The van der Waals surface area contributed by atoms with E-state index in [1.54, 1.807) is 12.1 Å². The van der Waals surface area contributed by atoms with Gasteiger partial charge in [0.25, 0.3) is 5.91 Å². The molecule has 3 aromatic rings. The molecule has 3 rings (SSSR count). The third kappa shape index (κ3) is 4.57. The smallest absolute Gasteiger partial charge is 0.417 e. The molecule has 0 unspecified atom stereocenters. The van der Waals surface area contributed by atoms with Gasteiger partial charge in [-0.3, -0.25) is 4.79 Å². The molecule has 138 valence electrons. The summed E-state index contributed by atoms with van der Waals surface area (Å²) in [6.45, 7) is 0. The van der Waals surface area contributed by atoms with E-state index in [1.165, 1.54) is 48.7 Å². The predicted octanol–water partition coefficient (Wildman–Crippen LogP) is 5.38. The highest BCUT2D eigenvalue weighted by Crippen LogP contribution is 2.37. The van der Waals surface area contributed by atoms with Gasteiger partial charge < -0.3 is 4.42 Å². The molecule has 0 saturated heterocycles. The summed E-state index contributed by atoms with van der Waals surface area (Å²) in [5, 5.41) is 4.24. The first kappa shape index (κ1) is 18.7. The summed E-state index contributed by atoms with van der Waals surface area (Å²) in [7, 11) is 0. The van der Waals surface area contributed by atoms with Crippen LogP contribution in [0.1, 0.15) is 21.7 Å². The van der Waals surface area contributed by atoms with Crippen molar-refractivity contribution in [3.05, 3.63) is 82.6 Å². The van der Waals surface area contributed by atoms with Gasteiger partial charge in [-0.05, 0) is 42.5 Å². The Morgan fingerprint density at radius 3 is 2.44 bits per heavy atom. The second-order valence-electron chi connectivity index (χ2n) is 5.45. The van der Waals surface area contributed by atoms with Gasteiger partial charge in [-0.1, -0.05) is 29.8 Å². The Morgan fingerprint density at radius 2 is 1.74 bits per heavy atom. The Morgan fingerprint density at radius 1 is 1.04 bits per heavy atom. The van der Waals surface area contributed by atoms with Crippen LogP contribution >= 0.6 is 11.6 Å². The van der Waals surface area contributed by atoms with Crippen LogP contribution in [0.3, 0.4) is 0 Å². The summed E-state index contributed by atoms with van der Waals surface area (Å²) >= 11 is 5.75. The van der Waals surface area contributed by atoms with Crippen LogP contribution in [0, 0.1) is 0 Å². The van der Waals surface area contributed by atoms with Gasteiger partial charge in [-0.2, -0.15) is 18.3 Å². The van der Waals surface area contributed by atoms with Crippen LogP contribution in [-0.4, -0.2) is 12.1 Å². The average molecular weight is 393 g/mol. The fourth-order valence-corrected chi connectivity index (χ4v) is 2.46. The van der Waals surface area contributed by atoms with Crippen molar-refractivity contribution < 1.29 is 22.4 Å². The van der Waals surface area contributed by atoms with E-state index in [2.05, 4.69) is 10.5 Å². The number of carbonyl (C=O) groups is 1. The topological polar surface area (TPSA) is 54.6 Å². The van der Waals surface area contributed by atoms with Gasteiger partial charge in [0.2, 0.25) is 0 Å². The first-order valence-corrected chi connectivity index (χ1v) is 8.08. The molecule has 0 aliphatic rings. The SMILES string of the molecule is O=C(N/N=C\c1ccc(-c2ccccc2C(F)(F)F)o1)c1ccc(Cl)cc1. The molecule has 0 saturated carbocycles. The third-order valence-electron chi connectivity index (χ3n) is 3.59. The minimum Gasteiger partial charge on any atom is -0.455 e. The van der Waals surface area contributed by atoms with Crippen molar-refractivity contribution in [1.82, 2.24) is 5.43 Å². The molecule has 0 radical (unpaired) electrons. The first-order valence-electron chi connectivity index (χ1n) is 7.70. The maximum absolute atomic E-state index is 13.1. The molecule has 1 N–H and O–H groups in total. The van der Waals surface area contributed by atoms with Gasteiger partial charge in [0.1, 0.15) is 11.5 Å². The quantitative estimate of drug-likeness (QED) is 0.478. The fourth-order valence-electron chi connectivity index (χ4n) is 2.33. The number of nitrogens with one attached hydrogen (secondary N) is 1. The molecule has 0 spiro atoms. The molecule has 0 atom stereocenters. The second-order valence-corrected chi connectivity index (χ2v) is 5.89. The molecule has 1 amide bonds. The lowest BCUT2D eigenvalue weighted by atomic mass is 10.1. The van der Waals surface area contributed by atoms with Crippen molar-refractivity contribution in [2.75, 3.05) is 0 Å². The normalized spacial score (nSPS) is 11.7. The minimum absolute atomic E-state index is 0.0494. The third-order valence-corrected chi connectivity index (χ3v) is 3.84. The number of benzene rings is 2. The maximum Gasteiger partial charge on any atom is 0.417 e. The number of hydrogen-bond donors (Lipinski definition) is 1. The van der Waals surface area contributed by atoms with Crippen molar-refractivity contribution >= 4 is 23.7 Å². The van der Waals surface area contributed by atoms with Crippen LogP contribution in [-0.2, 0) is 6.18 Å². The molecular formula is C19H12ClF3N2O2. The summed E-state index contributed by atoms with van der Waals surface area (Å²) in [4.78, 5) is 11.9. The van der Waals surface area contributed by atoms with E-state index in [0.29, 0.717) is 10.6 Å². The van der Waals surface area contributed by atoms with Gasteiger partial charge in [0.15, 0.2) is 0 Å². The molecule has 0 aliphatic carbocycles. The molecule has 0 bridgehead atoms. The predicted molar refractivity (Wildman–Crippen MR) is 95.7 cm³/mol. The molecule has 2 aromatic carbocycles. The average Bonchev–Trinajstić information content (AvgIpc) is 3.10. The summed E-state index contributed by atoms with van der Waals surface area (Å²) in [5.74, 6) is -0.219. The van der Waals surface area contributed by atoms with E-state index in [0.717, 1.165) is 6.07 Å². The summed E-state index contributed by atoms with van der Waals surface area (Å²) < 4.78 is 44.7. The highest BCUT2D eigenvalue weighted by molar-refractivity contribution is 6.30. The van der Waals surface area contributed by atoms with E-state index < -0.39 is 17.6 Å². The Bertz CT molecular complexity index is 979. The lowest BCUT2D eigenvalue weighted by Crippen LogP contribution is -2.17. The Kier molecular flexibility index (Phi) is 5.32. The maximum atomic E-state index is 13.1. The molecule has 1 aromatic heterocycles. The highest BCUT2D eigenvalue weighted by Gasteiger charge is 2.34. The molecule has 4 nitrogen and oxygen atoms in total. The number of carbonyl (C=O) groups excluding carboxylic acids is 1. The zero-order chi connectivity index (χ0) is 19.4. The molecule has 0 aliphatic heterocycles. The van der Waals surface area contributed by atoms with Gasteiger partial charge >= 0.3 is 6.18 Å². The van der Waals surface area contributed by atoms with E-state index in [-0.39, 0.29) is 17.1 Å². The summed E-state index contributed by atoms with van der Waals surface area (Å²) in [6.07, 6.45) is -3.29. The lowest BCUT2D eigenvalue weighted by molar-refractivity contribution is -0.137. The Labute approximate surface area is 157 Å². The van der Waals surface area contributed by atoms with Crippen LogP contribution in [0.25, 0.3) is 11.3 Å². The lowest BCUT2D eigenvalue weighted by Gasteiger charge is -2.10. The second kappa shape index (κ2) is 7.67. The van der Waals surface area contributed by atoms with Crippen molar-refractivity contribution in [2.45, 2.75) is 6.18 Å². The molecule has 27 heavy (non-hydrogen) atoms. The van der Waals surface area contributed by atoms with Gasteiger partial charge in [0.05, 0.1) is 11.8 Å². The summed E-state index contributed by atoms with van der Waals surface area (Å²) in [5.41, 5.74) is 1.79. The number of rotatable bonds is 4. The summed E-state index contributed by atoms with van der Waals surface area (Å²) in [6, 6.07) is 14.2. The van der Waals surface area contributed by atoms with Gasteiger partial charge in [-0.25, -0.2) is 5.43 Å². The molecule has 0 fully saturated rings. The minimum atomic E-state index is -4.50. The van der Waals surface area contributed by atoms with Crippen molar-refractivity contribution in [3.8, 4) is 11.3 Å². The van der Waals surface area contributed by atoms with Crippen LogP contribution in [0.4, 0.5) is 13.2 Å².